The maximum Gasteiger partial charge on any atom is 0.281 e. The molecule has 0 aliphatic carbocycles. The second kappa shape index (κ2) is 8.48. The Morgan fingerprint density at radius 2 is 1.81 bits per heavy atom. The molecule has 0 radical (unpaired) electrons. The van der Waals surface area contributed by atoms with Gasteiger partial charge < -0.3 is 5.32 Å². The minimum Gasteiger partial charge on any atom is -0.317 e. The Hall–Kier alpha value is -0.950. The second-order valence-corrected chi connectivity index (χ2v) is 7.36. The van der Waals surface area contributed by atoms with Gasteiger partial charge in [-0.05, 0) is 37.6 Å². The third-order valence-electron chi connectivity index (χ3n) is 3.52. The zero-order chi connectivity index (χ0) is 15.9. The number of hydrogen-bond donors (Lipinski definition) is 1. The van der Waals surface area contributed by atoms with Crippen molar-refractivity contribution in [2.24, 2.45) is 0 Å². The smallest absolute Gasteiger partial charge is 0.281 e. The van der Waals surface area contributed by atoms with Gasteiger partial charge in [0.25, 0.3) is 10.2 Å². The van der Waals surface area contributed by atoms with Gasteiger partial charge in [0, 0.05) is 27.2 Å². The molecule has 0 atom stereocenters. The summed E-state index contributed by atoms with van der Waals surface area (Å²) < 4.78 is 27.7. The lowest BCUT2D eigenvalue weighted by Gasteiger charge is -2.25. The first kappa shape index (κ1) is 18.1. The number of aryl methyl sites for hydroxylation is 1. The Kier molecular flexibility index (Phi) is 7.31. The fourth-order valence-electron chi connectivity index (χ4n) is 2.07. The summed E-state index contributed by atoms with van der Waals surface area (Å²) >= 11 is 0. The van der Waals surface area contributed by atoms with E-state index in [0.29, 0.717) is 13.1 Å². The fraction of sp³-hybridized carbons (Fsp3) is 0.600. The minimum absolute atomic E-state index is 0.395. The predicted octanol–water partition coefficient (Wildman–Crippen LogP) is 1.60. The molecule has 0 aromatic heterocycles. The van der Waals surface area contributed by atoms with Crippen molar-refractivity contribution in [1.82, 2.24) is 13.9 Å². The molecule has 0 fully saturated rings. The number of benzene rings is 1. The summed E-state index contributed by atoms with van der Waals surface area (Å²) in [7, 11) is -0.140. The van der Waals surface area contributed by atoms with Crippen LogP contribution in [0.25, 0.3) is 0 Å². The van der Waals surface area contributed by atoms with E-state index in [1.54, 1.807) is 14.1 Å². The van der Waals surface area contributed by atoms with Crippen LogP contribution in [0.2, 0.25) is 0 Å². The molecule has 0 aliphatic rings. The number of nitrogens with zero attached hydrogens (tertiary/aromatic N) is 2. The van der Waals surface area contributed by atoms with Gasteiger partial charge in [-0.25, -0.2) is 0 Å². The van der Waals surface area contributed by atoms with Crippen molar-refractivity contribution in [1.29, 1.82) is 0 Å². The first-order valence-electron chi connectivity index (χ1n) is 7.32. The van der Waals surface area contributed by atoms with Crippen molar-refractivity contribution in [3.8, 4) is 0 Å². The first-order chi connectivity index (χ1) is 9.89. The molecule has 120 valence electrons. The molecule has 0 amide bonds. The third kappa shape index (κ3) is 5.39. The molecule has 0 heterocycles. The molecule has 0 unspecified atom stereocenters. The van der Waals surface area contributed by atoms with Crippen molar-refractivity contribution in [3.05, 3.63) is 35.4 Å². The number of rotatable bonds is 9. The van der Waals surface area contributed by atoms with Gasteiger partial charge >= 0.3 is 0 Å². The molecule has 0 aliphatic heterocycles. The van der Waals surface area contributed by atoms with E-state index < -0.39 is 10.2 Å². The van der Waals surface area contributed by atoms with Gasteiger partial charge in [-0.15, -0.1) is 0 Å². The van der Waals surface area contributed by atoms with Crippen LogP contribution in [-0.4, -0.2) is 50.8 Å². The van der Waals surface area contributed by atoms with Crippen LogP contribution < -0.4 is 5.32 Å². The van der Waals surface area contributed by atoms with Crippen molar-refractivity contribution in [2.75, 3.05) is 33.7 Å². The highest BCUT2D eigenvalue weighted by Crippen LogP contribution is 2.13. The lowest BCUT2D eigenvalue weighted by molar-refractivity contribution is 0.384. The van der Waals surface area contributed by atoms with Crippen molar-refractivity contribution in [2.45, 2.75) is 26.8 Å². The Balaban J connectivity index is 2.62. The van der Waals surface area contributed by atoms with Gasteiger partial charge in [-0.1, -0.05) is 31.2 Å². The van der Waals surface area contributed by atoms with Gasteiger partial charge in [0.2, 0.25) is 0 Å². The molecule has 6 heteroatoms. The van der Waals surface area contributed by atoms with Crippen molar-refractivity contribution in [3.63, 3.8) is 0 Å². The highest BCUT2D eigenvalue weighted by atomic mass is 32.2. The summed E-state index contributed by atoms with van der Waals surface area (Å²) in [6.07, 6.45) is 0.807. The zero-order valence-corrected chi connectivity index (χ0v) is 14.3. The van der Waals surface area contributed by atoms with E-state index in [-0.39, 0.29) is 0 Å². The average Bonchev–Trinajstić information content (AvgIpc) is 2.45. The Morgan fingerprint density at radius 1 is 1.14 bits per heavy atom. The van der Waals surface area contributed by atoms with E-state index in [2.05, 4.69) is 5.32 Å². The maximum absolute atomic E-state index is 12.4. The zero-order valence-electron chi connectivity index (χ0n) is 13.5. The predicted molar refractivity (Wildman–Crippen MR) is 87.4 cm³/mol. The molecule has 1 rings (SSSR count). The SMILES string of the molecule is CCNCCCN(C)S(=O)(=O)N(C)Cc1ccccc1C. The van der Waals surface area contributed by atoms with E-state index in [9.17, 15) is 8.42 Å². The first-order valence-corrected chi connectivity index (χ1v) is 8.72. The van der Waals surface area contributed by atoms with E-state index in [0.717, 1.165) is 30.6 Å². The van der Waals surface area contributed by atoms with E-state index in [4.69, 9.17) is 0 Å². The third-order valence-corrected chi connectivity index (χ3v) is 5.41. The molecule has 1 aromatic carbocycles. The molecule has 0 saturated heterocycles. The summed E-state index contributed by atoms with van der Waals surface area (Å²) in [5.74, 6) is 0. The Morgan fingerprint density at radius 3 is 2.43 bits per heavy atom. The van der Waals surface area contributed by atoms with E-state index in [1.165, 1.54) is 8.61 Å². The lowest BCUT2D eigenvalue weighted by Crippen LogP contribution is -2.40. The maximum atomic E-state index is 12.4. The average molecular weight is 313 g/mol. The van der Waals surface area contributed by atoms with Crippen LogP contribution in [0.4, 0.5) is 0 Å². The molecule has 1 aromatic rings. The van der Waals surface area contributed by atoms with Gasteiger partial charge in [0.05, 0.1) is 0 Å². The molecule has 21 heavy (non-hydrogen) atoms. The topological polar surface area (TPSA) is 52.7 Å². The minimum atomic E-state index is -3.40. The summed E-state index contributed by atoms with van der Waals surface area (Å²) in [6.45, 7) is 6.69. The summed E-state index contributed by atoms with van der Waals surface area (Å²) in [5, 5.41) is 3.20. The Bertz CT molecular complexity index is 531. The molecule has 1 N–H and O–H groups in total. The normalized spacial score (nSPS) is 12.3. The highest BCUT2D eigenvalue weighted by molar-refractivity contribution is 7.86. The number of nitrogens with one attached hydrogen (secondary N) is 1. The van der Waals surface area contributed by atoms with Crippen LogP contribution >= 0.6 is 0 Å². The molecule has 5 nitrogen and oxygen atoms in total. The fourth-order valence-corrected chi connectivity index (χ4v) is 3.20. The lowest BCUT2D eigenvalue weighted by atomic mass is 10.1. The quantitative estimate of drug-likeness (QED) is 0.705. The summed E-state index contributed by atoms with van der Waals surface area (Å²) in [5.41, 5.74) is 2.14. The number of hydrogen-bond acceptors (Lipinski definition) is 3. The largest absolute Gasteiger partial charge is 0.317 e. The van der Waals surface area contributed by atoms with Crippen LogP contribution in [-0.2, 0) is 16.8 Å². The molecule has 0 bridgehead atoms. The van der Waals surface area contributed by atoms with E-state index in [1.807, 2.05) is 38.1 Å². The van der Waals surface area contributed by atoms with E-state index >= 15 is 0 Å². The molecular formula is C15H27N3O2S. The summed E-state index contributed by atoms with van der Waals surface area (Å²) in [4.78, 5) is 0. The highest BCUT2D eigenvalue weighted by Gasteiger charge is 2.23. The van der Waals surface area contributed by atoms with Crippen LogP contribution in [0.1, 0.15) is 24.5 Å². The van der Waals surface area contributed by atoms with Gasteiger partial charge in [-0.2, -0.15) is 17.0 Å². The summed E-state index contributed by atoms with van der Waals surface area (Å²) in [6, 6.07) is 7.85. The molecule has 0 saturated carbocycles. The van der Waals surface area contributed by atoms with Gasteiger partial charge in [0.1, 0.15) is 0 Å². The molecular weight excluding hydrogens is 286 g/mol. The van der Waals surface area contributed by atoms with Crippen LogP contribution in [0.5, 0.6) is 0 Å². The van der Waals surface area contributed by atoms with Crippen LogP contribution in [0.3, 0.4) is 0 Å². The Labute approximate surface area is 129 Å². The van der Waals surface area contributed by atoms with Gasteiger partial charge in [0.15, 0.2) is 0 Å². The monoisotopic (exact) mass is 313 g/mol. The van der Waals surface area contributed by atoms with Gasteiger partial charge in [-0.3, -0.25) is 0 Å². The van der Waals surface area contributed by atoms with Crippen molar-refractivity contribution < 1.29 is 8.42 Å². The second-order valence-electron chi connectivity index (χ2n) is 5.22. The molecule has 0 spiro atoms. The van der Waals surface area contributed by atoms with Crippen molar-refractivity contribution >= 4 is 10.2 Å². The van der Waals surface area contributed by atoms with Crippen LogP contribution in [0, 0.1) is 6.92 Å². The standard InChI is InChI=1S/C15H27N3O2S/c1-5-16-11-8-12-17(3)21(19,20)18(4)13-15-10-7-6-9-14(15)2/h6-7,9-10,16H,5,8,11-13H2,1-4H3. The van der Waals surface area contributed by atoms with Crippen LogP contribution in [0.15, 0.2) is 24.3 Å².